The van der Waals surface area contributed by atoms with Gasteiger partial charge in [0, 0.05) is 53.6 Å². The van der Waals surface area contributed by atoms with Crippen LogP contribution in [0.5, 0.6) is 5.75 Å². The molecule has 1 spiro atoms. The predicted octanol–water partition coefficient (Wildman–Crippen LogP) is 5.85. The fourth-order valence-corrected chi connectivity index (χ4v) is 7.00. The van der Waals surface area contributed by atoms with Gasteiger partial charge in [0.1, 0.15) is 11.9 Å². The summed E-state index contributed by atoms with van der Waals surface area (Å²) in [6.45, 7) is 6.32. The standard InChI is InChI=1S/C31H39N3O3/c1-20-27(30(35)36-29(21(2)33(3)4)22-11-6-5-7-12-22)28-24-19-23-13-10-18-34-17-9-8-16-31(23,34)37-26(24)15-14-25(28)32-20/h5-7,11-12,14-15,21,23,29,32H,8-10,13,16-19H2,1-4H3/t21-,23?,29?,31?/m1/s1. The Hall–Kier alpha value is -2.83. The summed E-state index contributed by atoms with van der Waals surface area (Å²) in [5, 5.41) is 0.979. The number of esters is 1. The predicted molar refractivity (Wildman–Crippen MR) is 146 cm³/mol. The minimum absolute atomic E-state index is 0.0218. The van der Waals surface area contributed by atoms with Crippen molar-refractivity contribution in [1.82, 2.24) is 14.8 Å². The van der Waals surface area contributed by atoms with E-state index in [-0.39, 0.29) is 23.8 Å². The summed E-state index contributed by atoms with van der Waals surface area (Å²) in [5.41, 5.74) is 4.46. The van der Waals surface area contributed by atoms with Crippen molar-refractivity contribution < 1.29 is 14.3 Å². The number of aromatic amines is 1. The average molecular weight is 502 g/mol. The summed E-state index contributed by atoms with van der Waals surface area (Å²) in [4.78, 5) is 22.1. The lowest BCUT2D eigenvalue weighted by molar-refractivity contribution is -0.177. The van der Waals surface area contributed by atoms with Gasteiger partial charge in [-0.05, 0) is 77.7 Å². The molecule has 0 radical (unpaired) electrons. The molecule has 3 aliphatic heterocycles. The molecule has 4 atom stereocenters. The molecule has 37 heavy (non-hydrogen) atoms. The number of aryl methyl sites for hydroxylation is 1. The molecule has 3 aliphatic rings. The molecule has 2 fully saturated rings. The highest BCUT2D eigenvalue weighted by atomic mass is 16.5. The van der Waals surface area contributed by atoms with Crippen LogP contribution in [0.1, 0.15) is 72.3 Å². The molecule has 1 N–H and O–H groups in total. The summed E-state index contributed by atoms with van der Waals surface area (Å²) < 4.78 is 13.3. The van der Waals surface area contributed by atoms with Crippen molar-refractivity contribution >= 4 is 16.9 Å². The third-order valence-corrected chi connectivity index (χ3v) is 9.14. The molecule has 0 bridgehead atoms. The van der Waals surface area contributed by atoms with Crippen molar-refractivity contribution in [3.8, 4) is 5.75 Å². The molecule has 6 nitrogen and oxygen atoms in total. The van der Waals surface area contributed by atoms with E-state index in [1.54, 1.807) is 0 Å². The van der Waals surface area contributed by atoms with Gasteiger partial charge in [0.15, 0.2) is 5.72 Å². The number of rotatable bonds is 5. The molecule has 3 unspecified atom stereocenters. The Balaban J connectivity index is 1.40. The Morgan fingerprint density at radius 3 is 2.70 bits per heavy atom. The first-order valence-electron chi connectivity index (χ1n) is 13.9. The van der Waals surface area contributed by atoms with E-state index in [4.69, 9.17) is 9.47 Å². The van der Waals surface area contributed by atoms with Crippen molar-refractivity contribution in [2.45, 2.75) is 70.2 Å². The summed E-state index contributed by atoms with van der Waals surface area (Å²) in [6, 6.07) is 14.3. The van der Waals surface area contributed by atoms with Crippen LogP contribution in [-0.4, -0.2) is 59.7 Å². The lowest BCUT2D eigenvalue weighted by atomic mass is 9.74. The normalized spacial score (nSPS) is 25.1. The number of aromatic nitrogens is 1. The highest BCUT2D eigenvalue weighted by Gasteiger charge is 2.52. The zero-order valence-corrected chi connectivity index (χ0v) is 22.5. The molecule has 2 saturated heterocycles. The fourth-order valence-electron chi connectivity index (χ4n) is 7.00. The molecule has 0 saturated carbocycles. The van der Waals surface area contributed by atoms with Crippen LogP contribution >= 0.6 is 0 Å². The van der Waals surface area contributed by atoms with Crippen molar-refractivity contribution in [2.75, 3.05) is 27.2 Å². The number of benzene rings is 2. The van der Waals surface area contributed by atoms with Crippen LogP contribution in [0.15, 0.2) is 42.5 Å². The fraction of sp³-hybridized carbons (Fsp3) is 0.516. The van der Waals surface area contributed by atoms with E-state index < -0.39 is 0 Å². The van der Waals surface area contributed by atoms with Gasteiger partial charge in [-0.2, -0.15) is 0 Å². The largest absolute Gasteiger partial charge is 0.472 e. The van der Waals surface area contributed by atoms with E-state index in [1.807, 2.05) is 51.4 Å². The van der Waals surface area contributed by atoms with Gasteiger partial charge in [0.05, 0.1) is 5.56 Å². The second-order valence-corrected chi connectivity index (χ2v) is 11.5. The molecule has 0 amide bonds. The molecule has 0 aliphatic carbocycles. The van der Waals surface area contributed by atoms with Crippen LogP contribution in [0.25, 0.3) is 10.9 Å². The maximum Gasteiger partial charge on any atom is 0.341 e. The lowest BCUT2D eigenvalue weighted by Gasteiger charge is -2.56. The van der Waals surface area contributed by atoms with Crippen molar-refractivity contribution in [1.29, 1.82) is 0 Å². The van der Waals surface area contributed by atoms with Crippen LogP contribution in [0.2, 0.25) is 0 Å². The number of likely N-dealkylation sites (N-methyl/N-ethyl adjacent to an activating group) is 1. The van der Waals surface area contributed by atoms with Crippen LogP contribution in [-0.2, 0) is 11.2 Å². The van der Waals surface area contributed by atoms with Crippen LogP contribution < -0.4 is 4.74 Å². The number of hydrogen-bond acceptors (Lipinski definition) is 5. The summed E-state index contributed by atoms with van der Waals surface area (Å²) >= 11 is 0. The third kappa shape index (κ3) is 4.05. The van der Waals surface area contributed by atoms with Gasteiger partial charge >= 0.3 is 5.97 Å². The Morgan fingerprint density at radius 2 is 1.92 bits per heavy atom. The van der Waals surface area contributed by atoms with Crippen molar-refractivity contribution in [2.24, 2.45) is 5.92 Å². The van der Waals surface area contributed by atoms with Gasteiger partial charge in [0.25, 0.3) is 0 Å². The highest BCUT2D eigenvalue weighted by molar-refractivity contribution is 6.07. The minimum Gasteiger partial charge on any atom is -0.472 e. The van der Waals surface area contributed by atoms with E-state index in [0.29, 0.717) is 11.5 Å². The molecule has 4 heterocycles. The Bertz CT molecular complexity index is 1300. The van der Waals surface area contributed by atoms with Crippen LogP contribution in [0.3, 0.4) is 0 Å². The first-order valence-corrected chi connectivity index (χ1v) is 13.9. The van der Waals surface area contributed by atoms with E-state index >= 15 is 0 Å². The number of H-pyrrole nitrogens is 1. The topological polar surface area (TPSA) is 57.8 Å². The molecular formula is C31H39N3O3. The van der Waals surface area contributed by atoms with Gasteiger partial charge in [-0.1, -0.05) is 30.3 Å². The molecular weight excluding hydrogens is 462 g/mol. The van der Waals surface area contributed by atoms with E-state index in [0.717, 1.165) is 59.4 Å². The lowest BCUT2D eigenvalue weighted by Crippen LogP contribution is -2.64. The van der Waals surface area contributed by atoms with Gasteiger partial charge in [-0.25, -0.2) is 4.79 Å². The first-order chi connectivity index (χ1) is 17.9. The van der Waals surface area contributed by atoms with Crippen molar-refractivity contribution in [3.63, 3.8) is 0 Å². The molecule has 6 heteroatoms. The number of carbonyl (C=O) groups excluding carboxylic acids is 1. The number of nitrogens with zero attached hydrogens (tertiary/aromatic N) is 2. The second kappa shape index (κ2) is 9.48. The van der Waals surface area contributed by atoms with Gasteiger partial charge < -0.3 is 19.4 Å². The number of fused-ring (bicyclic) bond motifs is 3. The van der Waals surface area contributed by atoms with E-state index in [9.17, 15) is 4.79 Å². The van der Waals surface area contributed by atoms with Crippen molar-refractivity contribution in [3.05, 3.63) is 64.8 Å². The average Bonchev–Trinajstić information content (AvgIpc) is 3.25. The maximum absolute atomic E-state index is 13.9. The zero-order chi connectivity index (χ0) is 25.7. The Kier molecular flexibility index (Phi) is 6.28. The smallest absolute Gasteiger partial charge is 0.341 e. The molecule has 2 aromatic carbocycles. The zero-order valence-electron chi connectivity index (χ0n) is 22.5. The quantitative estimate of drug-likeness (QED) is 0.445. The number of ether oxygens (including phenoxy) is 2. The maximum atomic E-state index is 13.9. The SMILES string of the molecule is Cc1[nH]c2ccc3c(c2c1C(=O)OC(c1ccccc1)[C@@H](C)N(C)C)CC1CCCN2CCCCC12O3. The number of carbonyl (C=O) groups is 1. The summed E-state index contributed by atoms with van der Waals surface area (Å²) in [5.74, 6) is 1.11. The van der Waals surface area contributed by atoms with E-state index in [1.165, 1.54) is 25.7 Å². The first kappa shape index (κ1) is 24.5. The monoisotopic (exact) mass is 501 g/mol. The second-order valence-electron chi connectivity index (χ2n) is 11.5. The third-order valence-electron chi connectivity index (χ3n) is 9.14. The van der Waals surface area contributed by atoms with Crippen LogP contribution in [0.4, 0.5) is 0 Å². The van der Waals surface area contributed by atoms with Crippen LogP contribution in [0, 0.1) is 12.8 Å². The van der Waals surface area contributed by atoms with Gasteiger partial charge in [0.2, 0.25) is 0 Å². The van der Waals surface area contributed by atoms with Gasteiger partial charge in [-0.3, -0.25) is 4.90 Å². The highest BCUT2D eigenvalue weighted by Crippen LogP contribution is 2.50. The van der Waals surface area contributed by atoms with Gasteiger partial charge in [-0.15, -0.1) is 0 Å². The number of hydrogen-bond donors (Lipinski definition) is 1. The number of piperidine rings is 2. The summed E-state index contributed by atoms with van der Waals surface area (Å²) in [7, 11) is 4.04. The molecule has 6 rings (SSSR count). The Morgan fingerprint density at radius 1 is 1.14 bits per heavy atom. The molecule has 196 valence electrons. The molecule has 3 aromatic rings. The Labute approximate surface area is 219 Å². The van der Waals surface area contributed by atoms with E-state index in [2.05, 4.69) is 33.8 Å². The summed E-state index contributed by atoms with van der Waals surface area (Å²) in [6.07, 6.45) is 6.52. The molecule has 1 aromatic heterocycles. The minimum atomic E-state index is -0.374. The number of nitrogens with one attached hydrogen (secondary N) is 1.